The van der Waals surface area contributed by atoms with Gasteiger partial charge in [-0.05, 0) is 33.6 Å². The van der Waals surface area contributed by atoms with Gasteiger partial charge in [0.15, 0.2) is 6.61 Å². The molecular formula is C22H37NO7. The molecule has 0 spiro atoms. The van der Waals surface area contributed by atoms with Crippen molar-refractivity contribution in [2.45, 2.75) is 84.8 Å². The Bertz CT molecular complexity index is 607. The van der Waals surface area contributed by atoms with E-state index in [2.05, 4.69) is 13.5 Å². The molecule has 0 aromatic heterocycles. The molecule has 30 heavy (non-hydrogen) atoms. The van der Waals surface area contributed by atoms with Crippen molar-refractivity contribution >= 4 is 23.8 Å². The number of rotatable bonds is 13. The lowest BCUT2D eigenvalue weighted by Crippen LogP contribution is -2.38. The third-order valence-electron chi connectivity index (χ3n) is 3.98. The standard InChI is InChI=1S/C22H37NO7/c1-8-10-12-17(11-9-2)29-21(27)16(3)13-19(25)28-15-18(24)23(7)14-20(26)30-22(4,5)6/h17H,3,8-15H2,1-2,4-7H3. The third-order valence-corrected chi connectivity index (χ3v) is 3.98. The average Bonchev–Trinajstić information content (AvgIpc) is 2.62. The van der Waals surface area contributed by atoms with Gasteiger partial charge in [-0.15, -0.1) is 0 Å². The van der Waals surface area contributed by atoms with E-state index in [1.54, 1.807) is 20.8 Å². The minimum atomic E-state index is -0.767. The highest BCUT2D eigenvalue weighted by Gasteiger charge is 2.22. The zero-order chi connectivity index (χ0) is 23.3. The molecule has 0 saturated heterocycles. The van der Waals surface area contributed by atoms with E-state index in [9.17, 15) is 19.2 Å². The SMILES string of the molecule is C=C(CC(=O)OCC(=O)N(C)CC(=O)OC(C)(C)C)C(=O)OC(CCC)CCCC. The van der Waals surface area contributed by atoms with Crippen LogP contribution in [0.2, 0.25) is 0 Å². The van der Waals surface area contributed by atoms with Crippen LogP contribution in [0.15, 0.2) is 12.2 Å². The van der Waals surface area contributed by atoms with E-state index in [0.717, 1.165) is 37.0 Å². The molecule has 0 rings (SSSR count). The molecule has 0 aromatic rings. The minimum absolute atomic E-state index is 0.0211. The van der Waals surface area contributed by atoms with E-state index in [-0.39, 0.29) is 24.6 Å². The van der Waals surface area contributed by atoms with Gasteiger partial charge in [-0.1, -0.05) is 39.7 Å². The van der Waals surface area contributed by atoms with Crippen molar-refractivity contribution in [1.82, 2.24) is 4.90 Å². The molecule has 172 valence electrons. The van der Waals surface area contributed by atoms with Gasteiger partial charge in [0.25, 0.3) is 5.91 Å². The lowest BCUT2D eigenvalue weighted by Gasteiger charge is -2.22. The Morgan fingerprint density at radius 1 is 1.00 bits per heavy atom. The first-order valence-corrected chi connectivity index (χ1v) is 10.4. The molecule has 1 atom stereocenters. The number of carbonyl (C=O) groups is 4. The maximum absolute atomic E-state index is 12.2. The summed E-state index contributed by atoms with van der Waals surface area (Å²) in [5.41, 5.74) is -0.679. The van der Waals surface area contributed by atoms with Gasteiger partial charge in [0, 0.05) is 12.6 Å². The van der Waals surface area contributed by atoms with Crippen molar-refractivity contribution in [2.75, 3.05) is 20.2 Å². The van der Waals surface area contributed by atoms with Crippen LogP contribution in [0, 0.1) is 0 Å². The maximum Gasteiger partial charge on any atom is 0.334 e. The smallest absolute Gasteiger partial charge is 0.334 e. The second-order valence-electron chi connectivity index (χ2n) is 8.24. The van der Waals surface area contributed by atoms with Crippen molar-refractivity contribution in [2.24, 2.45) is 0 Å². The summed E-state index contributed by atoms with van der Waals surface area (Å²) in [6, 6.07) is 0. The van der Waals surface area contributed by atoms with Gasteiger partial charge in [0.05, 0.1) is 6.42 Å². The first-order chi connectivity index (χ1) is 13.9. The lowest BCUT2D eigenvalue weighted by molar-refractivity contribution is -0.160. The fraction of sp³-hybridized carbons (Fsp3) is 0.727. The summed E-state index contributed by atoms with van der Waals surface area (Å²) in [4.78, 5) is 48.9. The van der Waals surface area contributed by atoms with Gasteiger partial charge in [-0.25, -0.2) is 4.79 Å². The van der Waals surface area contributed by atoms with Gasteiger partial charge < -0.3 is 19.1 Å². The lowest BCUT2D eigenvalue weighted by atomic mass is 10.1. The summed E-state index contributed by atoms with van der Waals surface area (Å²) in [6.45, 7) is 12.0. The predicted molar refractivity (Wildman–Crippen MR) is 113 cm³/mol. The van der Waals surface area contributed by atoms with Crippen LogP contribution in [0.3, 0.4) is 0 Å². The number of ether oxygens (including phenoxy) is 3. The Morgan fingerprint density at radius 3 is 2.17 bits per heavy atom. The monoisotopic (exact) mass is 427 g/mol. The molecular weight excluding hydrogens is 390 g/mol. The molecule has 0 N–H and O–H groups in total. The van der Waals surface area contributed by atoms with Gasteiger partial charge in [0.1, 0.15) is 18.2 Å². The molecule has 0 saturated carbocycles. The van der Waals surface area contributed by atoms with Gasteiger partial charge in [-0.3, -0.25) is 14.4 Å². The zero-order valence-electron chi connectivity index (χ0n) is 19.2. The Kier molecular flexibility index (Phi) is 12.7. The normalized spacial score (nSPS) is 11.9. The Balaban J connectivity index is 4.41. The molecule has 0 aliphatic carbocycles. The van der Waals surface area contributed by atoms with Crippen LogP contribution in [0.5, 0.6) is 0 Å². The van der Waals surface area contributed by atoms with Crippen molar-refractivity contribution in [1.29, 1.82) is 0 Å². The Morgan fingerprint density at radius 2 is 1.63 bits per heavy atom. The molecule has 0 heterocycles. The summed E-state index contributed by atoms with van der Waals surface area (Å²) >= 11 is 0. The topological polar surface area (TPSA) is 99.2 Å². The van der Waals surface area contributed by atoms with Crippen molar-refractivity contribution < 1.29 is 33.4 Å². The Hall–Kier alpha value is -2.38. The zero-order valence-corrected chi connectivity index (χ0v) is 19.2. The summed E-state index contributed by atoms with van der Waals surface area (Å²) in [6.07, 6.45) is 3.79. The second kappa shape index (κ2) is 13.8. The van der Waals surface area contributed by atoms with Crippen molar-refractivity contribution in [3.8, 4) is 0 Å². The van der Waals surface area contributed by atoms with Crippen LogP contribution in [-0.2, 0) is 33.4 Å². The van der Waals surface area contributed by atoms with E-state index < -0.39 is 36.0 Å². The molecule has 1 amide bonds. The first kappa shape index (κ1) is 27.6. The highest BCUT2D eigenvalue weighted by atomic mass is 16.6. The molecule has 0 fully saturated rings. The highest BCUT2D eigenvalue weighted by Crippen LogP contribution is 2.14. The molecule has 1 unspecified atom stereocenters. The van der Waals surface area contributed by atoms with Crippen LogP contribution in [0.4, 0.5) is 0 Å². The Labute approximate surface area is 179 Å². The van der Waals surface area contributed by atoms with Crippen molar-refractivity contribution in [3.63, 3.8) is 0 Å². The minimum Gasteiger partial charge on any atom is -0.459 e. The molecule has 0 aliphatic rings. The van der Waals surface area contributed by atoms with E-state index in [4.69, 9.17) is 14.2 Å². The number of unbranched alkanes of at least 4 members (excludes halogenated alkanes) is 1. The summed E-state index contributed by atoms with van der Waals surface area (Å²) in [7, 11) is 1.40. The number of hydrogen-bond donors (Lipinski definition) is 0. The quantitative estimate of drug-likeness (QED) is 0.253. The molecule has 0 aromatic carbocycles. The fourth-order valence-corrected chi connectivity index (χ4v) is 2.46. The van der Waals surface area contributed by atoms with E-state index in [1.165, 1.54) is 7.05 Å². The number of carbonyl (C=O) groups excluding carboxylic acids is 4. The predicted octanol–water partition coefficient (Wildman–Crippen LogP) is 3.18. The van der Waals surface area contributed by atoms with E-state index >= 15 is 0 Å². The van der Waals surface area contributed by atoms with Crippen LogP contribution in [0.1, 0.15) is 73.1 Å². The molecule has 8 nitrogen and oxygen atoms in total. The van der Waals surface area contributed by atoms with Crippen LogP contribution in [0.25, 0.3) is 0 Å². The van der Waals surface area contributed by atoms with E-state index in [1.807, 2.05) is 6.92 Å². The third kappa shape index (κ3) is 13.0. The number of likely N-dealkylation sites (N-methyl/N-ethyl adjacent to an activating group) is 1. The summed E-state index contributed by atoms with van der Waals surface area (Å²) in [5.74, 6) is -2.53. The highest BCUT2D eigenvalue weighted by molar-refractivity contribution is 5.93. The largest absolute Gasteiger partial charge is 0.459 e. The number of nitrogens with zero attached hydrogens (tertiary/aromatic N) is 1. The molecule has 0 radical (unpaired) electrons. The average molecular weight is 428 g/mol. The van der Waals surface area contributed by atoms with Crippen LogP contribution >= 0.6 is 0 Å². The number of hydrogen-bond acceptors (Lipinski definition) is 7. The maximum atomic E-state index is 12.2. The van der Waals surface area contributed by atoms with Crippen LogP contribution in [-0.4, -0.2) is 60.6 Å². The van der Waals surface area contributed by atoms with Crippen LogP contribution < -0.4 is 0 Å². The molecule has 8 heteroatoms. The molecule has 0 bridgehead atoms. The summed E-state index contributed by atoms with van der Waals surface area (Å²) < 4.78 is 15.5. The molecule has 0 aliphatic heterocycles. The van der Waals surface area contributed by atoms with Gasteiger partial charge >= 0.3 is 17.9 Å². The fourth-order valence-electron chi connectivity index (χ4n) is 2.46. The van der Waals surface area contributed by atoms with Gasteiger partial charge in [-0.2, -0.15) is 0 Å². The number of esters is 3. The number of amides is 1. The van der Waals surface area contributed by atoms with Gasteiger partial charge in [0.2, 0.25) is 0 Å². The van der Waals surface area contributed by atoms with E-state index in [0.29, 0.717) is 0 Å². The second-order valence-corrected chi connectivity index (χ2v) is 8.24. The van der Waals surface area contributed by atoms with Crippen molar-refractivity contribution in [3.05, 3.63) is 12.2 Å². The first-order valence-electron chi connectivity index (χ1n) is 10.4. The summed E-state index contributed by atoms with van der Waals surface area (Å²) in [5, 5.41) is 0.